The second-order valence-corrected chi connectivity index (χ2v) is 6.53. The Bertz CT molecular complexity index is 926. The number of benzene rings is 1. The van der Waals surface area contributed by atoms with Crippen LogP contribution in [0.2, 0.25) is 0 Å². The van der Waals surface area contributed by atoms with Crippen molar-refractivity contribution in [1.82, 2.24) is 9.97 Å². The van der Waals surface area contributed by atoms with E-state index in [-0.39, 0.29) is 11.9 Å². The summed E-state index contributed by atoms with van der Waals surface area (Å²) in [5, 5.41) is 3.32. The summed E-state index contributed by atoms with van der Waals surface area (Å²) in [6, 6.07) is 14.0. The topological polar surface area (TPSA) is 58.1 Å². The molecule has 1 unspecified atom stereocenters. The number of hydrogen-bond donors (Lipinski definition) is 1. The number of carbonyl (C=O) groups excluding carboxylic acids is 1. The maximum absolute atomic E-state index is 13.1. The van der Waals surface area contributed by atoms with E-state index in [9.17, 15) is 4.79 Å². The number of anilines is 2. The highest BCUT2D eigenvalue weighted by Crippen LogP contribution is 2.33. The number of nitrogens with one attached hydrogen (secondary N) is 1. The molecule has 4 rings (SSSR count). The van der Waals surface area contributed by atoms with Crippen LogP contribution in [0.5, 0.6) is 0 Å². The molecule has 5 nitrogen and oxygen atoms in total. The monoisotopic (exact) mass is 344 g/mol. The summed E-state index contributed by atoms with van der Waals surface area (Å²) in [6.45, 7) is 2.74. The predicted octanol–water partition coefficient (Wildman–Crippen LogP) is 3.68. The molecule has 0 radical (unpaired) electrons. The summed E-state index contributed by atoms with van der Waals surface area (Å²) in [5.74, 6) is -0.0116. The van der Waals surface area contributed by atoms with E-state index in [1.807, 2.05) is 41.3 Å². The molecule has 0 bridgehead atoms. The van der Waals surface area contributed by atoms with Gasteiger partial charge in [0.25, 0.3) is 5.91 Å². The molecule has 3 heterocycles. The van der Waals surface area contributed by atoms with Gasteiger partial charge in [0.15, 0.2) is 0 Å². The first kappa shape index (κ1) is 16.3. The molecule has 1 N–H and O–H groups in total. The van der Waals surface area contributed by atoms with Crippen LogP contribution in [0.15, 0.2) is 67.3 Å². The molecule has 1 atom stereocenters. The van der Waals surface area contributed by atoms with E-state index in [1.54, 1.807) is 24.8 Å². The summed E-state index contributed by atoms with van der Waals surface area (Å²) in [4.78, 5) is 23.2. The largest absolute Gasteiger partial charge is 0.380 e. The minimum Gasteiger partial charge on any atom is -0.380 e. The normalized spacial score (nSPS) is 15.6. The van der Waals surface area contributed by atoms with E-state index in [0.29, 0.717) is 12.1 Å². The van der Waals surface area contributed by atoms with E-state index >= 15 is 0 Å². The van der Waals surface area contributed by atoms with Crippen molar-refractivity contribution in [3.8, 4) is 0 Å². The predicted molar refractivity (Wildman–Crippen MR) is 102 cm³/mol. The van der Waals surface area contributed by atoms with Crippen molar-refractivity contribution in [3.05, 3.63) is 83.9 Å². The minimum atomic E-state index is -0.0116. The molecule has 1 aromatic carbocycles. The molecule has 1 aliphatic rings. The summed E-state index contributed by atoms with van der Waals surface area (Å²) < 4.78 is 0. The van der Waals surface area contributed by atoms with Gasteiger partial charge >= 0.3 is 0 Å². The molecule has 0 saturated heterocycles. The Balaban J connectivity index is 1.54. The van der Waals surface area contributed by atoms with Crippen LogP contribution in [0, 0.1) is 0 Å². The smallest absolute Gasteiger partial charge is 0.260 e. The third kappa shape index (κ3) is 3.16. The number of para-hydroxylation sites is 1. The summed E-state index contributed by atoms with van der Waals surface area (Å²) in [5.41, 5.74) is 4.76. The molecule has 0 aliphatic carbocycles. The molecule has 0 spiro atoms. The number of fused-ring (bicyclic) bond motifs is 1. The van der Waals surface area contributed by atoms with Crippen molar-refractivity contribution < 1.29 is 4.79 Å². The molecular weight excluding hydrogens is 324 g/mol. The van der Waals surface area contributed by atoms with Gasteiger partial charge in [0.2, 0.25) is 0 Å². The lowest BCUT2D eigenvalue weighted by molar-refractivity contribution is 0.0981. The Hall–Kier alpha value is -3.21. The van der Waals surface area contributed by atoms with Gasteiger partial charge in [0.1, 0.15) is 0 Å². The standard InChI is InChI=1S/C21H20N4O/c1-15-10-17-4-2-3-5-20(17)25(15)21(26)18-11-19(14-23-13-18)24-12-16-6-8-22-9-7-16/h2-9,11,13-15,24H,10,12H2,1H3. The van der Waals surface area contributed by atoms with Crippen molar-refractivity contribution in [3.63, 3.8) is 0 Å². The van der Waals surface area contributed by atoms with Gasteiger partial charge in [0.05, 0.1) is 11.3 Å². The van der Waals surface area contributed by atoms with E-state index in [0.717, 1.165) is 23.4 Å². The fourth-order valence-electron chi connectivity index (χ4n) is 3.37. The maximum atomic E-state index is 13.1. The first-order valence-corrected chi connectivity index (χ1v) is 8.71. The lowest BCUT2D eigenvalue weighted by atomic mass is 10.1. The average Bonchev–Trinajstić information content (AvgIpc) is 3.02. The number of hydrogen-bond acceptors (Lipinski definition) is 4. The van der Waals surface area contributed by atoms with Crippen LogP contribution < -0.4 is 10.2 Å². The van der Waals surface area contributed by atoms with Crippen LogP contribution in [0.1, 0.15) is 28.4 Å². The SMILES string of the molecule is CC1Cc2ccccc2N1C(=O)c1cncc(NCc2ccncc2)c1. The van der Waals surface area contributed by atoms with Crippen molar-refractivity contribution >= 4 is 17.3 Å². The summed E-state index contributed by atoms with van der Waals surface area (Å²) in [7, 11) is 0. The van der Waals surface area contributed by atoms with Gasteiger partial charge < -0.3 is 10.2 Å². The van der Waals surface area contributed by atoms with Crippen molar-refractivity contribution in [2.75, 3.05) is 10.2 Å². The molecule has 1 aliphatic heterocycles. The highest BCUT2D eigenvalue weighted by atomic mass is 16.2. The quantitative estimate of drug-likeness (QED) is 0.784. The fraction of sp³-hybridized carbons (Fsp3) is 0.190. The third-order valence-corrected chi connectivity index (χ3v) is 4.66. The average molecular weight is 344 g/mol. The molecule has 2 aromatic heterocycles. The Morgan fingerprint density at radius 1 is 1.15 bits per heavy atom. The number of amides is 1. The van der Waals surface area contributed by atoms with Gasteiger partial charge in [-0.3, -0.25) is 14.8 Å². The zero-order valence-electron chi connectivity index (χ0n) is 14.6. The van der Waals surface area contributed by atoms with Gasteiger partial charge in [-0.05, 0) is 48.7 Å². The zero-order chi connectivity index (χ0) is 17.9. The molecule has 130 valence electrons. The van der Waals surface area contributed by atoms with Crippen molar-refractivity contribution in [2.45, 2.75) is 25.9 Å². The van der Waals surface area contributed by atoms with E-state index in [1.165, 1.54) is 5.56 Å². The van der Waals surface area contributed by atoms with Crippen LogP contribution in [0.3, 0.4) is 0 Å². The summed E-state index contributed by atoms with van der Waals surface area (Å²) in [6.07, 6.45) is 7.78. The zero-order valence-corrected chi connectivity index (χ0v) is 14.6. The molecule has 0 fully saturated rings. The second-order valence-electron chi connectivity index (χ2n) is 6.53. The number of carbonyl (C=O) groups is 1. The Labute approximate surface area is 152 Å². The molecular formula is C21H20N4O. The van der Waals surface area contributed by atoms with Gasteiger partial charge in [-0.25, -0.2) is 0 Å². The molecule has 0 saturated carbocycles. The summed E-state index contributed by atoms with van der Waals surface area (Å²) >= 11 is 0. The van der Waals surface area contributed by atoms with Crippen LogP contribution in [-0.2, 0) is 13.0 Å². The van der Waals surface area contributed by atoms with E-state index < -0.39 is 0 Å². The molecule has 5 heteroatoms. The van der Waals surface area contributed by atoms with Gasteiger partial charge in [-0.15, -0.1) is 0 Å². The fourth-order valence-corrected chi connectivity index (χ4v) is 3.37. The van der Waals surface area contributed by atoms with Crippen molar-refractivity contribution in [2.24, 2.45) is 0 Å². The van der Waals surface area contributed by atoms with Crippen LogP contribution in [-0.4, -0.2) is 21.9 Å². The van der Waals surface area contributed by atoms with Gasteiger partial charge in [-0.2, -0.15) is 0 Å². The molecule has 1 amide bonds. The van der Waals surface area contributed by atoms with E-state index in [2.05, 4.69) is 28.3 Å². The highest BCUT2D eigenvalue weighted by Gasteiger charge is 2.31. The number of pyridine rings is 2. The number of aromatic nitrogens is 2. The second kappa shape index (κ2) is 6.96. The van der Waals surface area contributed by atoms with Crippen LogP contribution >= 0.6 is 0 Å². The number of nitrogens with zero attached hydrogens (tertiary/aromatic N) is 3. The first-order valence-electron chi connectivity index (χ1n) is 8.71. The van der Waals surface area contributed by atoms with Crippen LogP contribution in [0.4, 0.5) is 11.4 Å². The minimum absolute atomic E-state index is 0.0116. The van der Waals surface area contributed by atoms with Gasteiger partial charge in [-0.1, -0.05) is 18.2 Å². The lowest BCUT2D eigenvalue weighted by Gasteiger charge is -2.23. The maximum Gasteiger partial charge on any atom is 0.260 e. The third-order valence-electron chi connectivity index (χ3n) is 4.66. The Kier molecular flexibility index (Phi) is 4.35. The lowest BCUT2D eigenvalue weighted by Crippen LogP contribution is -2.35. The first-order chi connectivity index (χ1) is 12.7. The van der Waals surface area contributed by atoms with Gasteiger partial charge in [0, 0.05) is 43.1 Å². The van der Waals surface area contributed by atoms with Crippen molar-refractivity contribution in [1.29, 1.82) is 0 Å². The van der Waals surface area contributed by atoms with E-state index in [4.69, 9.17) is 0 Å². The molecule has 26 heavy (non-hydrogen) atoms. The Morgan fingerprint density at radius 3 is 2.81 bits per heavy atom. The Morgan fingerprint density at radius 2 is 1.96 bits per heavy atom. The highest BCUT2D eigenvalue weighted by molar-refractivity contribution is 6.08. The van der Waals surface area contributed by atoms with Crippen LogP contribution in [0.25, 0.3) is 0 Å². The molecule has 3 aromatic rings. The number of rotatable bonds is 4.